The van der Waals surface area contributed by atoms with Gasteiger partial charge >= 0.3 is 8.56 Å². The van der Waals surface area contributed by atoms with Gasteiger partial charge in [-0.25, -0.2) is 0 Å². The van der Waals surface area contributed by atoms with E-state index in [9.17, 15) is 0 Å². The highest BCUT2D eigenvalue weighted by Crippen LogP contribution is 2.31. The smallest absolute Gasteiger partial charge is 0.359 e. The number of alkyl halides is 1. The fourth-order valence-electron chi connectivity index (χ4n) is 1.42. The second kappa shape index (κ2) is 4.73. The Hall–Kier alpha value is 0.607. The maximum atomic E-state index is 5.79. The van der Waals surface area contributed by atoms with Crippen LogP contribution in [-0.2, 0) is 8.85 Å². The van der Waals surface area contributed by atoms with E-state index in [0.717, 1.165) is 19.3 Å². The quantitative estimate of drug-likeness (QED) is 0.343. The number of hydrogen-bond acceptors (Lipinski definition) is 2. The summed E-state index contributed by atoms with van der Waals surface area (Å²) in [6, 6.07) is 1.02. The minimum absolute atomic E-state index is 0.481. The van der Waals surface area contributed by atoms with Crippen LogP contribution < -0.4 is 0 Å². The van der Waals surface area contributed by atoms with Crippen molar-refractivity contribution in [3.8, 4) is 0 Å². The highest BCUT2D eigenvalue weighted by molar-refractivity contribution is 14.1. The average Bonchev–Trinajstić information content (AvgIpc) is 2.35. The molecule has 1 atom stereocenters. The lowest BCUT2D eigenvalue weighted by atomic mass is 10.6. The van der Waals surface area contributed by atoms with Gasteiger partial charge in [0.15, 0.2) is 0 Å². The molecule has 12 heavy (non-hydrogen) atoms. The third kappa shape index (κ3) is 2.10. The number of halogens is 1. The Morgan fingerprint density at radius 1 is 1.42 bits per heavy atom. The van der Waals surface area contributed by atoms with Gasteiger partial charge in [-0.2, -0.15) is 0 Å². The van der Waals surface area contributed by atoms with Crippen LogP contribution in [0.2, 0.25) is 6.04 Å². The van der Waals surface area contributed by atoms with Gasteiger partial charge in [-0.15, -0.1) is 0 Å². The standard InChI is InChI=1S/C8H15IO2Si/c1-3-10-12(11-4-2)7-5-6-8(12)9/h5-6,8H,3-4,7H2,1-2H3. The highest BCUT2D eigenvalue weighted by Gasteiger charge is 2.45. The first-order valence-electron chi connectivity index (χ1n) is 4.34. The fraction of sp³-hybridized carbons (Fsp3) is 0.750. The zero-order chi connectivity index (χ0) is 9.03. The zero-order valence-electron chi connectivity index (χ0n) is 7.55. The maximum absolute atomic E-state index is 5.79. The topological polar surface area (TPSA) is 18.5 Å². The van der Waals surface area contributed by atoms with Gasteiger partial charge in [0.25, 0.3) is 0 Å². The minimum atomic E-state index is -1.86. The van der Waals surface area contributed by atoms with Crippen molar-refractivity contribution in [3.63, 3.8) is 0 Å². The summed E-state index contributed by atoms with van der Waals surface area (Å²) in [5.41, 5.74) is 0. The third-order valence-electron chi connectivity index (χ3n) is 1.90. The monoisotopic (exact) mass is 298 g/mol. The van der Waals surface area contributed by atoms with E-state index in [1.54, 1.807) is 0 Å². The van der Waals surface area contributed by atoms with Crippen LogP contribution in [0, 0.1) is 0 Å². The van der Waals surface area contributed by atoms with Crippen LogP contribution in [-0.4, -0.2) is 25.3 Å². The molecule has 1 rings (SSSR count). The van der Waals surface area contributed by atoms with Gasteiger partial charge in [-0.1, -0.05) is 34.7 Å². The lowest BCUT2D eigenvalue weighted by molar-refractivity contribution is 0.189. The molecule has 4 heteroatoms. The Morgan fingerprint density at radius 3 is 2.33 bits per heavy atom. The van der Waals surface area contributed by atoms with E-state index in [0.29, 0.717) is 3.55 Å². The Balaban J connectivity index is 2.60. The van der Waals surface area contributed by atoms with E-state index in [2.05, 4.69) is 34.7 Å². The van der Waals surface area contributed by atoms with Crippen LogP contribution in [0.25, 0.3) is 0 Å². The van der Waals surface area contributed by atoms with E-state index >= 15 is 0 Å². The van der Waals surface area contributed by atoms with Gasteiger partial charge in [0.2, 0.25) is 0 Å². The van der Waals surface area contributed by atoms with E-state index in [1.165, 1.54) is 0 Å². The molecular weight excluding hydrogens is 283 g/mol. The Labute approximate surface area is 88.7 Å². The Morgan fingerprint density at radius 2 is 2.00 bits per heavy atom. The normalized spacial score (nSPS) is 26.4. The largest absolute Gasteiger partial charge is 0.394 e. The fourth-order valence-corrected chi connectivity index (χ4v) is 6.29. The molecule has 0 saturated carbocycles. The SMILES string of the molecule is CCO[Si]1(OCC)CC=CC1I. The molecule has 0 aliphatic carbocycles. The summed E-state index contributed by atoms with van der Waals surface area (Å²) in [5.74, 6) is 0. The van der Waals surface area contributed by atoms with Gasteiger partial charge in [-0.3, -0.25) is 0 Å². The molecule has 1 aliphatic heterocycles. The predicted octanol–water partition coefficient (Wildman–Crippen LogP) is 2.41. The van der Waals surface area contributed by atoms with Crippen LogP contribution in [0.1, 0.15) is 13.8 Å². The summed E-state index contributed by atoms with van der Waals surface area (Å²) in [6.45, 7) is 5.62. The van der Waals surface area contributed by atoms with E-state index in [-0.39, 0.29) is 0 Å². The molecule has 0 radical (unpaired) electrons. The first kappa shape index (κ1) is 10.7. The van der Waals surface area contributed by atoms with E-state index in [1.807, 2.05) is 13.8 Å². The lowest BCUT2D eigenvalue weighted by Gasteiger charge is -2.28. The molecule has 70 valence electrons. The highest BCUT2D eigenvalue weighted by atomic mass is 127. The van der Waals surface area contributed by atoms with Crippen LogP contribution in [0.15, 0.2) is 12.2 Å². The molecule has 1 unspecified atom stereocenters. The van der Waals surface area contributed by atoms with Crippen LogP contribution in [0.3, 0.4) is 0 Å². The van der Waals surface area contributed by atoms with Crippen LogP contribution in [0.5, 0.6) is 0 Å². The molecule has 0 bridgehead atoms. The van der Waals surface area contributed by atoms with Crippen molar-refractivity contribution in [2.45, 2.75) is 23.4 Å². The van der Waals surface area contributed by atoms with Gasteiger partial charge in [0, 0.05) is 19.3 Å². The van der Waals surface area contributed by atoms with Crippen molar-refractivity contribution in [2.75, 3.05) is 13.2 Å². The summed E-state index contributed by atoms with van der Waals surface area (Å²) in [6.07, 6.45) is 4.40. The van der Waals surface area contributed by atoms with E-state index in [4.69, 9.17) is 8.85 Å². The summed E-state index contributed by atoms with van der Waals surface area (Å²) in [4.78, 5) is 0. The molecular formula is C8H15IO2Si. The van der Waals surface area contributed by atoms with Crippen molar-refractivity contribution in [1.82, 2.24) is 0 Å². The van der Waals surface area contributed by atoms with Crippen molar-refractivity contribution >= 4 is 31.2 Å². The maximum Gasteiger partial charge on any atom is 0.359 e. The first-order chi connectivity index (χ1) is 5.75. The van der Waals surface area contributed by atoms with Crippen LogP contribution >= 0.6 is 22.6 Å². The molecule has 0 aromatic rings. The molecule has 0 saturated heterocycles. The van der Waals surface area contributed by atoms with E-state index < -0.39 is 8.56 Å². The van der Waals surface area contributed by atoms with Crippen molar-refractivity contribution in [3.05, 3.63) is 12.2 Å². The molecule has 0 aromatic heterocycles. The molecule has 0 aromatic carbocycles. The minimum Gasteiger partial charge on any atom is -0.394 e. The van der Waals surface area contributed by atoms with Crippen molar-refractivity contribution < 1.29 is 8.85 Å². The number of allylic oxidation sites excluding steroid dienone is 2. The molecule has 1 aliphatic rings. The summed E-state index contributed by atoms with van der Waals surface area (Å²) >= 11 is 2.42. The van der Waals surface area contributed by atoms with Crippen molar-refractivity contribution in [1.29, 1.82) is 0 Å². The molecule has 0 N–H and O–H groups in total. The van der Waals surface area contributed by atoms with Gasteiger partial charge in [-0.05, 0) is 13.8 Å². The summed E-state index contributed by atoms with van der Waals surface area (Å²) in [7, 11) is -1.86. The second-order valence-corrected chi connectivity index (χ2v) is 8.46. The summed E-state index contributed by atoms with van der Waals surface area (Å²) in [5, 5.41) is 0. The molecule has 1 heterocycles. The molecule has 2 nitrogen and oxygen atoms in total. The van der Waals surface area contributed by atoms with Gasteiger partial charge < -0.3 is 8.85 Å². The second-order valence-electron chi connectivity index (χ2n) is 2.71. The zero-order valence-corrected chi connectivity index (χ0v) is 10.7. The number of hydrogen-bond donors (Lipinski definition) is 0. The Bertz CT molecular complexity index is 166. The molecule has 0 amide bonds. The molecule has 0 spiro atoms. The van der Waals surface area contributed by atoms with Gasteiger partial charge in [0.1, 0.15) is 0 Å². The lowest BCUT2D eigenvalue weighted by Crippen LogP contribution is -2.47. The Kier molecular flexibility index (Phi) is 4.22. The summed E-state index contributed by atoms with van der Waals surface area (Å²) < 4.78 is 12.1. The number of rotatable bonds is 4. The average molecular weight is 298 g/mol. The van der Waals surface area contributed by atoms with Gasteiger partial charge in [0.05, 0.1) is 3.55 Å². The van der Waals surface area contributed by atoms with Crippen molar-refractivity contribution in [2.24, 2.45) is 0 Å². The predicted molar refractivity (Wildman–Crippen MR) is 60.8 cm³/mol. The third-order valence-corrected chi connectivity index (χ3v) is 8.56. The first-order valence-corrected chi connectivity index (χ1v) is 7.68. The van der Waals surface area contributed by atoms with Crippen LogP contribution in [0.4, 0.5) is 0 Å². The molecule has 0 fully saturated rings.